The van der Waals surface area contributed by atoms with Crippen LogP contribution in [0.3, 0.4) is 0 Å². The Kier molecular flexibility index (Phi) is 4.35. The van der Waals surface area contributed by atoms with Gasteiger partial charge in [-0.25, -0.2) is 0 Å². The molecule has 2 N–H and O–H groups in total. The Balaban J connectivity index is 3.41. The predicted octanol–water partition coefficient (Wildman–Crippen LogP) is 2.81. The Morgan fingerprint density at radius 1 is 0.947 bits per heavy atom. The average molecular weight is 264 g/mol. The van der Waals surface area contributed by atoms with Crippen molar-refractivity contribution in [3.63, 3.8) is 0 Å². The van der Waals surface area contributed by atoms with Crippen molar-refractivity contribution in [1.82, 2.24) is 0 Å². The van der Waals surface area contributed by atoms with E-state index in [1.54, 1.807) is 6.92 Å². The van der Waals surface area contributed by atoms with Gasteiger partial charge in [0.25, 0.3) is 0 Å². The lowest BCUT2D eigenvalue weighted by Crippen LogP contribution is -2.29. The van der Waals surface area contributed by atoms with Crippen molar-refractivity contribution in [1.29, 1.82) is 0 Å². The van der Waals surface area contributed by atoms with Crippen LogP contribution in [0.5, 0.6) is 0 Å². The van der Waals surface area contributed by atoms with Gasteiger partial charge in [-0.1, -0.05) is 13.0 Å². The normalized spacial score (nSPS) is 12.5. The minimum Gasteiger partial charge on any atom is -0.481 e. The molecule has 1 rings (SSSR count). The third-order valence-electron chi connectivity index (χ3n) is 3.90. The monoisotopic (exact) mass is 264 g/mol. The van der Waals surface area contributed by atoms with E-state index in [-0.39, 0.29) is 0 Å². The first-order valence-electron chi connectivity index (χ1n) is 6.21. The summed E-state index contributed by atoms with van der Waals surface area (Å²) in [5, 5.41) is 18.2. The first kappa shape index (κ1) is 15.2. The summed E-state index contributed by atoms with van der Waals surface area (Å²) >= 11 is 0. The molecule has 1 aromatic rings. The van der Waals surface area contributed by atoms with E-state index < -0.39 is 23.8 Å². The van der Waals surface area contributed by atoms with Gasteiger partial charge in [0.2, 0.25) is 0 Å². The number of hydrogen-bond donors (Lipinski definition) is 2. The Morgan fingerprint density at radius 2 is 1.42 bits per heavy atom. The van der Waals surface area contributed by atoms with E-state index >= 15 is 0 Å². The van der Waals surface area contributed by atoms with Gasteiger partial charge in [0.15, 0.2) is 5.92 Å². The Morgan fingerprint density at radius 3 is 1.84 bits per heavy atom. The molecule has 0 amide bonds. The Hall–Kier alpha value is -1.84. The van der Waals surface area contributed by atoms with Crippen molar-refractivity contribution in [3.05, 3.63) is 33.9 Å². The Labute approximate surface area is 113 Å². The lowest BCUT2D eigenvalue weighted by Gasteiger charge is -2.23. The summed E-state index contributed by atoms with van der Waals surface area (Å²) in [7, 11) is 0. The molecule has 0 aliphatic heterocycles. The van der Waals surface area contributed by atoms with Crippen LogP contribution < -0.4 is 0 Å². The average Bonchev–Trinajstić information content (AvgIpc) is 2.24. The van der Waals surface area contributed by atoms with Gasteiger partial charge in [0, 0.05) is 5.92 Å². The van der Waals surface area contributed by atoms with Crippen molar-refractivity contribution in [3.8, 4) is 0 Å². The number of carboxylic acids is 2. The molecule has 0 spiro atoms. The summed E-state index contributed by atoms with van der Waals surface area (Å²) in [6.45, 7) is 9.44. The van der Waals surface area contributed by atoms with Gasteiger partial charge < -0.3 is 10.2 Å². The van der Waals surface area contributed by atoms with Crippen molar-refractivity contribution in [2.45, 2.75) is 40.5 Å². The maximum Gasteiger partial charge on any atom is 0.318 e. The quantitative estimate of drug-likeness (QED) is 0.820. The molecule has 1 aromatic carbocycles. The fraction of sp³-hybridized carbons (Fsp3) is 0.467. The highest BCUT2D eigenvalue weighted by molar-refractivity contribution is 5.94. The first-order valence-corrected chi connectivity index (χ1v) is 6.21. The molecular weight excluding hydrogens is 244 g/mol. The Bertz CT molecular complexity index is 517. The second-order valence-electron chi connectivity index (χ2n) is 5.12. The van der Waals surface area contributed by atoms with Crippen LogP contribution in [-0.2, 0) is 9.59 Å². The topological polar surface area (TPSA) is 74.6 Å². The van der Waals surface area contributed by atoms with Gasteiger partial charge in [0.05, 0.1) is 0 Å². The highest BCUT2D eigenvalue weighted by Gasteiger charge is 2.34. The minimum absolute atomic E-state index is 0.561. The molecule has 0 radical (unpaired) electrons. The summed E-state index contributed by atoms with van der Waals surface area (Å²) in [5.74, 6) is -4.57. The maximum atomic E-state index is 11.1. The fourth-order valence-corrected chi connectivity index (χ4v) is 2.70. The van der Waals surface area contributed by atoms with E-state index in [1.807, 2.05) is 33.8 Å². The van der Waals surface area contributed by atoms with E-state index in [9.17, 15) is 9.59 Å². The molecule has 0 aromatic heterocycles. The first-order chi connectivity index (χ1) is 8.68. The molecule has 19 heavy (non-hydrogen) atoms. The number of aliphatic carboxylic acids is 2. The van der Waals surface area contributed by atoms with Crippen LogP contribution in [0.15, 0.2) is 6.07 Å². The molecule has 4 nitrogen and oxygen atoms in total. The van der Waals surface area contributed by atoms with E-state index in [0.29, 0.717) is 0 Å². The molecule has 104 valence electrons. The number of benzene rings is 1. The zero-order valence-electron chi connectivity index (χ0n) is 11.9. The number of carboxylic acid groups (broad SMARTS) is 2. The van der Waals surface area contributed by atoms with Crippen molar-refractivity contribution < 1.29 is 19.8 Å². The van der Waals surface area contributed by atoms with E-state index in [4.69, 9.17) is 10.2 Å². The molecular formula is C15H20O4. The van der Waals surface area contributed by atoms with Crippen LogP contribution in [0, 0.1) is 33.6 Å². The van der Waals surface area contributed by atoms with Crippen molar-refractivity contribution >= 4 is 11.9 Å². The third-order valence-corrected chi connectivity index (χ3v) is 3.90. The second kappa shape index (κ2) is 5.43. The van der Waals surface area contributed by atoms with Crippen LogP contribution in [-0.4, -0.2) is 22.2 Å². The van der Waals surface area contributed by atoms with Gasteiger partial charge in [0.1, 0.15) is 0 Å². The van der Waals surface area contributed by atoms with E-state index in [1.165, 1.54) is 0 Å². The molecule has 1 unspecified atom stereocenters. The summed E-state index contributed by atoms with van der Waals surface area (Å²) < 4.78 is 0. The van der Waals surface area contributed by atoms with Crippen LogP contribution in [0.4, 0.5) is 0 Å². The van der Waals surface area contributed by atoms with E-state index in [0.717, 1.165) is 27.8 Å². The van der Waals surface area contributed by atoms with E-state index in [2.05, 4.69) is 0 Å². The summed E-state index contributed by atoms with van der Waals surface area (Å²) in [5.41, 5.74) is 4.98. The number of carbonyl (C=O) groups is 2. The number of hydrogen-bond acceptors (Lipinski definition) is 2. The zero-order chi connectivity index (χ0) is 14.9. The SMILES string of the molecule is Cc1cc(C)c(C(C)C(C(=O)O)C(=O)O)c(C)c1C. The van der Waals surface area contributed by atoms with Gasteiger partial charge in [-0.15, -0.1) is 0 Å². The molecule has 0 bridgehead atoms. The molecule has 4 heteroatoms. The fourth-order valence-electron chi connectivity index (χ4n) is 2.70. The summed E-state index contributed by atoms with van der Waals surface area (Å²) in [6, 6.07) is 1.98. The standard InChI is InChI=1S/C15H20O4/c1-7-6-8(2)12(10(4)9(7)3)11(5)13(14(16)17)15(18)19/h6,11,13H,1-5H3,(H,16,17)(H,18,19). The highest BCUT2D eigenvalue weighted by atomic mass is 16.4. The number of aryl methyl sites for hydroxylation is 2. The van der Waals surface area contributed by atoms with Gasteiger partial charge in [-0.05, 0) is 55.5 Å². The zero-order valence-corrected chi connectivity index (χ0v) is 11.9. The van der Waals surface area contributed by atoms with Crippen LogP contribution >= 0.6 is 0 Å². The lowest BCUT2D eigenvalue weighted by atomic mass is 9.80. The van der Waals surface area contributed by atoms with Gasteiger partial charge in [-0.3, -0.25) is 9.59 Å². The lowest BCUT2D eigenvalue weighted by molar-refractivity contribution is -0.155. The summed E-state index contributed by atoms with van der Waals surface area (Å²) in [6.07, 6.45) is 0. The molecule has 0 heterocycles. The summed E-state index contributed by atoms with van der Waals surface area (Å²) in [4.78, 5) is 22.3. The molecule has 0 saturated carbocycles. The third kappa shape index (κ3) is 2.78. The molecule has 0 aliphatic carbocycles. The largest absolute Gasteiger partial charge is 0.481 e. The van der Waals surface area contributed by atoms with Gasteiger partial charge in [-0.2, -0.15) is 0 Å². The van der Waals surface area contributed by atoms with Gasteiger partial charge >= 0.3 is 11.9 Å². The highest BCUT2D eigenvalue weighted by Crippen LogP contribution is 2.33. The minimum atomic E-state index is -1.42. The van der Waals surface area contributed by atoms with Crippen LogP contribution in [0.25, 0.3) is 0 Å². The van der Waals surface area contributed by atoms with Crippen LogP contribution in [0.1, 0.15) is 40.7 Å². The molecule has 0 saturated heterocycles. The second-order valence-corrected chi connectivity index (χ2v) is 5.12. The number of rotatable bonds is 4. The molecule has 0 fully saturated rings. The van der Waals surface area contributed by atoms with Crippen LogP contribution in [0.2, 0.25) is 0 Å². The van der Waals surface area contributed by atoms with Crippen molar-refractivity contribution in [2.75, 3.05) is 0 Å². The molecule has 0 aliphatic rings. The maximum absolute atomic E-state index is 11.1. The molecule has 1 atom stereocenters. The van der Waals surface area contributed by atoms with Crippen molar-refractivity contribution in [2.24, 2.45) is 5.92 Å². The smallest absolute Gasteiger partial charge is 0.318 e. The predicted molar refractivity (Wildman–Crippen MR) is 72.6 cm³/mol.